The van der Waals surface area contributed by atoms with Crippen LogP contribution in [0.3, 0.4) is 0 Å². The summed E-state index contributed by atoms with van der Waals surface area (Å²) in [4.78, 5) is 14.4. The van der Waals surface area contributed by atoms with E-state index in [1.54, 1.807) is 30.1 Å². The minimum absolute atomic E-state index is 0.159. The first-order valence-electron chi connectivity index (χ1n) is 9.43. The van der Waals surface area contributed by atoms with Gasteiger partial charge >= 0.3 is 0 Å². The molecule has 1 aliphatic heterocycles. The molecule has 0 N–H and O–H groups in total. The SMILES string of the molecule is CC1CN(S(=O)(=O)c2ccc(C(=O)N(C)Cc3ccccc3Cl)cc2)CC(C)O1. The number of hydrogen-bond acceptors (Lipinski definition) is 4. The minimum Gasteiger partial charge on any atom is -0.373 e. The van der Waals surface area contributed by atoms with Gasteiger partial charge in [-0.2, -0.15) is 4.31 Å². The fourth-order valence-corrected chi connectivity index (χ4v) is 5.21. The van der Waals surface area contributed by atoms with Crippen LogP contribution in [0.15, 0.2) is 53.4 Å². The number of carbonyl (C=O) groups excluding carboxylic acids is 1. The molecule has 156 valence electrons. The lowest BCUT2D eigenvalue weighted by Crippen LogP contribution is -2.48. The van der Waals surface area contributed by atoms with E-state index in [2.05, 4.69) is 0 Å². The summed E-state index contributed by atoms with van der Waals surface area (Å²) in [7, 11) is -1.95. The number of benzene rings is 2. The van der Waals surface area contributed by atoms with E-state index in [1.165, 1.54) is 16.4 Å². The van der Waals surface area contributed by atoms with Crippen molar-refractivity contribution in [1.82, 2.24) is 9.21 Å². The maximum absolute atomic E-state index is 12.9. The first-order valence-corrected chi connectivity index (χ1v) is 11.2. The number of halogens is 1. The highest BCUT2D eigenvalue weighted by Crippen LogP contribution is 2.22. The fraction of sp³-hybridized carbons (Fsp3) is 0.381. The summed E-state index contributed by atoms with van der Waals surface area (Å²) < 4.78 is 32.9. The largest absolute Gasteiger partial charge is 0.373 e. The highest BCUT2D eigenvalue weighted by atomic mass is 35.5. The second-order valence-electron chi connectivity index (χ2n) is 7.36. The van der Waals surface area contributed by atoms with Crippen LogP contribution < -0.4 is 0 Å². The molecule has 0 aromatic heterocycles. The van der Waals surface area contributed by atoms with Crippen molar-refractivity contribution in [3.05, 3.63) is 64.7 Å². The lowest BCUT2D eigenvalue weighted by atomic mass is 10.1. The highest BCUT2D eigenvalue weighted by Gasteiger charge is 2.32. The van der Waals surface area contributed by atoms with Gasteiger partial charge in [0.05, 0.1) is 17.1 Å². The molecule has 1 saturated heterocycles. The molecule has 0 saturated carbocycles. The molecule has 0 radical (unpaired) electrons. The van der Waals surface area contributed by atoms with Crippen molar-refractivity contribution < 1.29 is 17.9 Å². The van der Waals surface area contributed by atoms with Gasteiger partial charge in [0.1, 0.15) is 0 Å². The van der Waals surface area contributed by atoms with Crippen LogP contribution in [0.2, 0.25) is 5.02 Å². The number of nitrogens with zero attached hydrogens (tertiary/aromatic N) is 2. The molecule has 0 aliphatic carbocycles. The van der Waals surface area contributed by atoms with Gasteiger partial charge in [-0.15, -0.1) is 0 Å². The predicted octanol–water partition coefficient (Wildman–Crippen LogP) is 3.41. The highest BCUT2D eigenvalue weighted by molar-refractivity contribution is 7.89. The Morgan fingerprint density at radius 2 is 1.69 bits per heavy atom. The number of carbonyl (C=O) groups is 1. The van der Waals surface area contributed by atoms with Crippen molar-refractivity contribution >= 4 is 27.5 Å². The van der Waals surface area contributed by atoms with Gasteiger partial charge in [-0.1, -0.05) is 29.8 Å². The lowest BCUT2D eigenvalue weighted by Gasteiger charge is -2.34. The molecule has 2 atom stereocenters. The van der Waals surface area contributed by atoms with Crippen LogP contribution >= 0.6 is 11.6 Å². The van der Waals surface area contributed by atoms with Gasteiger partial charge in [-0.25, -0.2) is 8.42 Å². The first kappa shape index (κ1) is 21.8. The number of ether oxygens (including phenoxy) is 1. The lowest BCUT2D eigenvalue weighted by molar-refractivity contribution is -0.0440. The molecule has 29 heavy (non-hydrogen) atoms. The Morgan fingerprint density at radius 3 is 2.28 bits per heavy atom. The molecule has 2 unspecified atom stereocenters. The van der Waals surface area contributed by atoms with Crippen LogP contribution in [0.25, 0.3) is 0 Å². The van der Waals surface area contributed by atoms with Crippen LogP contribution in [0.1, 0.15) is 29.8 Å². The molecule has 2 aromatic carbocycles. The smallest absolute Gasteiger partial charge is 0.253 e. The predicted molar refractivity (Wildman–Crippen MR) is 112 cm³/mol. The number of sulfonamides is 1. The monoisotopic (exact) mass is 436 g/mol. The van der Waals surface area contributed by atoms with E-state index in [1.807, 2.05) is 32.0 Å². The molecule has 8 heteroatoms. The summed E-state index contributed by atoms with van der Waals surface area (Å²) in [5.74, 6) is -0.206. The maximum atomic E-state index is 12.9. The number of amides is 1. The van der Waals surface area contributed by atoms with E-state index in [4.69, 9.17) is 16.3 Å². The Bertz CT molecular complexity index is 968. The Morgan fingerprint density at radius 1 is 1.10 bits per heavy atom. The van der Waals surface area contributed by atoms with E-state index in [9.17, 15) is 13.2 Å². The van der Waals surface area contributed by atoms with Gasteiger partial charge in [0.15, 0.2) is 0 Å². The van der Waals surface area contributed by atoms with Crippen LogP contribution in [0.5, 0.6) is 0 Å². The van der Waals surface area contributed by atoms with Crippen LogP contribution in [0, 0.1) is 0 Å². The summed E-state index contributed by atoms with van der Waals surface area (Å²) in [6.07, 6.45) is -0.319. The zero-order valence-electron chi connectivity index (χ0n) is 16.7. The van der Waals surface area contributed by atoms with Crippen molar-refractivity contribution in [1.29, 1.82) is 0 Å². The molecule has 6 nitrogen and oxygen atoms in total. The number of rotatable bonds is 5. The minimum atomic E-state index is -3.63. The van der Waals surface area contributed by atoms with Gasteiger partial charge in [-0.3, -0.25) is 4.79 Å². The third kappa shape index (κ3) is 4.98. The average Bonchev–Trinajstić information content (AvgIpc) is 2.68. The standard InChI is InChI=1S/C21H25ClN2O4S/c1-15-12-24(13-16(2)28-15)29(26,27)19-10-8-17(9-11-19)21(25)23(3)14-18-6-4-5-7-20(18)22/h4-11,15-16H,12-14H2,1-3H3. The molecule has 2 aromatic rings. The van der Waals surface area contributed by atoms with Crippen molar-refractivity contribution in [2.45, 2.75) is 37.5 Å². The van der Waals surface area contributed by atoms with Crippen LogP contribution in [0.4, 0.5) is 0 Å². The first-order chi connectivity index (χ1) is 13.7. The molecular formula is C21H25ClN2O4S. The van der Waals surface area contributed by atoms with Crippen molar-refractivity contribution in [3.63, 3.8) is 0 Å². The van der Waals surface area contributed by atoms with Crippen molar-refractivity contribution in [2.75, 3.05) is 20.1 Å². The second-order valence-corrected chi connectivity index (χ2v) is 9.70. The maximum Gasteiger partial charge on any atom is 0.253 e. The quantitative estimate of drug-likeness (QED) is 0.720. The van der Waals surface area contributed by atoms with E-state index in [0.717, 1.165) is 5.56 Å². The molecule has 3 rings (SSSR count). The molecular weight excluding hydrogens is 412 g/mol. The summed E-state index contributed by atoms with van der Waals surface area (Å²) in [6, 6.07) is 13.4. The summed E-state index contributed by atoms with van der Waals surface area (Å²) in [5, 5.41) is 0.600. The second kappa shape index (κ2) is 8.83. The molecule has 1 aliphatic rings. The van der Waals surface area contributed by atoms with E-state index >= 15 is 0 Å². The zero-order chi connectivity index (χ0) is 21.2. The molecule has 1 fully saturated rings. The van der Waals surface area contributed by atoms with Crippen molar-refractivity contribution in [2.24, 2.45) is 0 Å². The summed E-state index contributed by atoms with van der Waals surface area (Å²) in [5.41, 5.74) is 1.27. The zero-order valence-corrected chi connectivity index (χ0v) is 18.3. The van der Waals surface area contributed by atoms with Crippen LogP contribution in [-0.2, 0) is 21.3 Å². The number of hydrogen-bond donors (Lipinski definition) is 0. The van der Waals surface area contributed by atoms with Crippen molar-refractivity contribution in [3.8, 4) is 0 Å². The third-order valence-corrected chi connectivity index (χ3v) is 7.05. The van der Waals surface area contributed by atoms with E-state index in [0.29, 0.717) is 30.2 Å². The average molecular weight is 437 g/mol. The van der Waals surface area contributed by atoms with Gasteiger partial charge in [0, 0.05) is 37.3 Å². The van der Waals surface area contributed by atoms with E-state index in [-0.39, 0.29) is 23.0 Å². The molecule has 0 spiro atoms. The topological polar surface area (TPSA) is 66.9 Å². The Labute approximate surface area is 177 Å². The Balaban J connectivity index is 1.73. The normalized spacial score (nSPS) is 20.4. The van der Waals surface area contributed by atoms with Gasteiger partial charge in [0.2, 0.25) is 10.0 Å². The van der Waals surface area contributed by atoms with E-state index < -0.39 is 10.0 Å². The fourth-order valence-electron chi connectivity index (χ4n) is 3.42. The Kier molecular flexibility index (Phi) is 6.63. The van der Waals surface area contributed by atoms with Crippen LogP contribution in [-0.4, -0.2) is 55.9 Å². The molecule has 1 heterocycles. The van der Waals surface area contributed by atoms with Gasteiger partial charge in [0.25, 0.3) is 5.91 Å². The van der Waals surface area contributed by atoms with Gasteiger partial charge in [-0.05, 0) is 49.7 Å². The Hall–Kier alpha value is -1.93. The van der Waals surface area contributed by atoms with Gasteiger partial charge < -0.3 is 9.64 Å². The molecule has 0 bridgehead atoms. The third-order valence-electron chi connectivity index (χ3n) is 4.84. The summed E-state index contributed by atoms with van der Waals surface area (Å²) in [6.45, 7) is 4.70. The summed E-state index contributed by atoms with van der Waals surface area (Å²) >= 11 is 6.17. The number of morpholine rings is 1. The molecule has 1 amide bonds.